The van der Waals surface area contributed by atoms with Gasteiger partial charge in [0, 0.05) is 37.8 Å². The van der Waals surface area contributed by atoms with Crippen molar-refractivity contribution in [3.05, 3.63) is 65.2 Å². The van der Waals surface area contributed by atoms with E-state index >= 15 is 0 Å². The van der Waals surface area contributed by atoms with Gasteiger partial charge in [0.2, 0.25) is 6.29 Å². The summed E-state index contributed by atoms with van der Waals surface area (Å²) in [6, 6.07) is 11.5. The van der Waals surface area contributed by atoms with E-state index in [0.29, 0.717) is 5.56 Å². The van der Waals surface area contributed by atoms with Gasteiger partial charge in [-0.15, -0.1) is 0 Å². The maximum atomic E-state index is 13.4. The van der Waals surface area contributed by atoms with Crippen LogP contribution < -0.4 is 5.59 Å². The van der Waals surface area contributed by atoms with Crippen LogP contribution in [-0.2, 0) is 30.4 Å². The first kappa shape index (κ1) is 25.8. The molecule has 0 aliphatic carbocycles. The van der Waals surface area contributed by atoms with Gasteiger partial charge in [-0.2, -0.15) is 23.1 Å². The number of carbonyl (C=O) groups excluding carboxylic acids is 1. The van der Waals surface area contributed by atoms with Crippen LogP contribution in [0.25, 0.3) is 16.9 Å². The van der Waals surface area contributed by atoms with Gasteiger partial charge in [0.1, 0.15) is 0 Å². The molecule has 1 N–H and O–H groups in total. The summed E-state index contributed by atoms with van der Waals surface area (Å²) in [7, 11) is -3.50. The topological polar surface area (TPSA) is 120 Å². The molecule has 0 aliphatic heterocycles. The van der Waals surface area contributed by atoms with Crippen molar-refractivity contribution in [3.8, 4) is 16.9 Å². The number of benzene rings is 2. The second kappa shape index (κ2) is 9.84. The van der Waals surface area contributed by atoms with Crippen LogP contribution in [0, 0.1) is 4.91 Å². The Morgan fingerprint density at radius 3 is 2.23 bits per heavy atom. The molecule has 3 rings (SSSR count). The molecular formula is C21H20F3N4O6S+. The van der Waals surface area contributed by atoms with E-state index in [-0.39, 0.29) is 26.8 Å². The largest absolute Gasteiger partial charge is 0.435 e. The summed E-state index contributed by atoms with van der Waals surface area (Å²) in [5.74, 6) is -0.609. The molecule has 0 saturated heterocycles. The zero-order valence-corrected chi connectivity index (χ0v) is 19.4. The second-order valence-electron chi connectivity index (χ2n) is 7.32. The maximum Gasteiger partial charge on any atom is 0.435 e. The van der Waals surface area contributed by atoms with Crippen LogP contribution in [0.3, 0.4) is 0 Å². The standard InChI is InChI=1S/C21H20F3N4O6S/c1-13(29)33-14(2)34-26-28(30)17-6-4-15(5-7-17)19-12-20(21(22,23)24)25-27(19)16-8-10-18(11-9-16)35(3,31)32/h4-12,14H,1-3H3,(H,26,30)/q+1. The predicted molar refractivity (Wildman–Crippen MR) is 116 cm³/mol. The lowest BCUT2D eigenvalue weighted by Crippen LogP contribution is -2.30. The molecule has 0 bridgehead atoms. The van der Waals surface area contributed by atoms with Gasteiger partial charge in [-0.25, -0.2) is 13.1 Å². The van der Waals surface area contributed by atoms with Gasteiger partial charge in [-0.3, -0.25) is 4.79 Å². The van der Waals surface area contributed by atoms with Gasteiger partial charge in [0.15, 0.2) is 20.4 Å². The Morgan fingerprint density at radius 1 is 1.11 bits per heavy atom. The van der Waals surface area contributed by atoms with Crippen molar-refractivity contribution >= 4 is 21.5 Å². The van der Waals surface area contributed by atoms with Gasteiger partial charge < -0.3 is 4.74 Å². The molecule has 3 aromatic rings. The van der Waals surface area contributed by atoms with Crippen LogP contribution in [-0.4, -0.2) is 41.6 Å². The quantitative estimate of drug-likeness (QED) is 0.210. The predicted octanol–water partition coefficient (Wildman–Crippen LogP) is 3.72. The molecule has 0 radical (unpaired) electrons. The highest BCUT2D eigenvalue weighted by molar-refractivity contribution is 7.90. The van der Waals surface area contributed by atoms with E-state index in [1.165, 1.54) is 62.4 Å². The number of rotatable bonds is 8. The Balaban J connectivity index is 1.90. The highest BCUT2D eigenvalue weighted by Gasteiger charge is 2.35. The molecule has 0 fully saturated rings. The fraction of sp³-hybridized carbons (Fsp3) is 0.238. The molecule has 0 spiro atoms. The third kappa shape index (κ3) is 6.42. The molecule has 2 aromatic carbocycles. The number of carbonyl (C=O) groups is 1. The van der Waals surface area contributed by atoms with E-state index in [9.17, 15) is 31.3 Å². The van der Waals surface area contributed by atoms with Crippen molar-refractivity contribution < 1.29 is 40.8 Å². The monoisotopic (exact) mass is 513 g/mol. The molecule has 0 aliphatic rings. The van der Waals surface area contributed by atoms with Gasteiger partial charge in [-0.05, 0) is 48.1 Å². The molecule has 1 atom stereocenters. The Hall–Kier alpha value is -3.78. The fourth-order valence-electron chi connectivity index (χ4n) is 2.96. The van der Waals surface area contributed by atoms with Crippen molar-refractivity contribution in [2.45, 2.75) is 31.2 Å². The number of hydrogen-bond donors (Lipinski definition) is 1. The summed E-state index contributed by atoms with van der Waals surface area (Å²) in [4.78, 5) is 28.1. The zero-order valence-electron chi connectivity index (χ0n) is 18.6. The minimum absolute atomic E-state index is 0.00336. The van der Waals surface area contributed by atoms with Gasteiger partial charge >= 0.3 is 12.1 Å². The van der Waals surface area contributed by atoms with Crippen molar-refractivity contribution in [3.63, 3.8) is 0 Å². The van der Waals surface area contributed by atoms with Gasteiger partial charge in [0.05, 0.1) is 21.2 Å². The number of alkyl halides is 3. The van der Waals surface area contributed by atoms with E-state index < -0.39 is 34.0 Å². The third-order valence-electron chi connectivity index (χ3n) is 4.54. The molecule has 0 saturated carbocycles. The first-order valence-corrected chi connectivity index (χ1v) is 11.8. The van der Waals surface area contributed by atoms with Crippen LogP contribution in [0.4, 0.5) is 18.9 Å². The molecule has 1 aromatic heterocycles. The number of aromatic nitrogens is 2. The van der Waals surface area contributed by atoms with Gasteiger partial charge in [0.25, 0.3) is 5.69 Å². The van der Waals surface area contributed by atoms with Crippen molar-refractivity contribution in [1.82, 2.24) is 15.4 Å². The SMILES string of the molecule is CC(=O)OC(C)ON[N+](=O)c1ccc(-c2cc(C(F)(F)F)nn2-c2ccc(S(C)(=O)=O)cc2)cc1. The summed E-state index contributed by atoms with van der Waals surface area (Å²) >= 11 is 0. The second-order valence-corrected chi connectivity index (χ2v) is 9.33. The van der Waals surface area contributed by atoms with Crippen LogP contribution in [0.5, 0.6) is 0 Å². The smallest absolute Gasteiger partial charge is 0.434 e. The first-order chi connectivity index (χ1) is 16.3. The summed E-state index contributed by atoms with van der Waals surface area (Å²) in [5, 5.41) is 3.65. The van der Waals surface area contributed by atoms with Crippen LogP contribution in [0.2, 0.25) is 0 Å². The Kier molecular flexibility index (Phi) is 7.26. The summed E-state index contributed by atoms with van der Waals surface area (Å²) in [6.45, 7) is 2.55. The van der Waals surface area contributed by atoms with Crippen molar-refractivity contribution in [2.24, 2.45) is 0 Å². The Labute approximate surface area is 197 Å². The Bertz CT molecular complexity index is 1340. The molecule has 186 valence electrons. The van der Waals surface area contributed by atoms with E-state index in [4.69, 9.17) is 9.57 Å². The molecule has 1 unspecified atom stereocenters. The van der Waals surface area contributed by atoms with E-state index in [2.05, 4.69) is 5.10 Å². The lowest BCUT2D eigenvalue weighted by Gasteiger charge is -2.09. The molecule has 14 heteroatoms. The zero-order chi connectivity index (χ0) is 26.0. The molecular weight excluding hydrogens is 493 g/mol. The number of nitrogens with one attached hydrogen (secondary N) is 1. The fourth-order valence-corrected chi connectivity index (χ4v) is 3.59. The number of nitrogens with zero attached hydrogens (tertiary/aromatic N) is 3. The number of hydrogen-bond acceptors (Lipinski definition) is 7. The lowest BCUT2D eigenvalue weighted by atomic mass is 10.1. The molecule has 0 amide bonds. The average Bonchev–Trinajstić information content (AvgIpc) is 3.23. The summed E-state index contributed by atoms with van der Waals surface area (Å²) in [5.41, 5.74) is 1.48. The molecule has 10 nitrogen and oxygen atoms in total. The van der Waals surface area contributed by atoms with E-state index in [1.54, 1.807) is 0 Å². The Morgan fingerprint density at radius 2 is 1.71 bits per heavy atom. The van der Waals surface area contributed by atoms with Gasteiger partial charge in [-0.1, -0.05) is 0 Å². The van der Waals surface area contributed by atoms with Crippen LogP contribution >= 0.6 is 0 Å². The van der Waals surface area contributed by atoms with E-state index in [1.807, 2.05) is 5.59 Å². The molecule has 35 heavy (non-hydrogen) atoms. The van der Waals surface area contributed by atoms with Crippen LogP contribution in [0.1, 0.15) is 19.5 Å². The van der Waals surface area contributed by atoms with Crippen molar-refractivity contribution in [1.29, 1.82) is 0 Å². The van der Waals surface area contributed by atoms with Crippen molar-refractivity contribution in [2.75, 3.05) is 6.26 Å². The maximum absolute atomic E-state index is 13.4. The number of ether oxygens (including phenoxy) is 1. The first-order valence-electron chi connectivity index (χ1n) is 9.89. The highest BCUT2D eigenvalue weighted by atomic mass is 32.2. The lowest BCUT2D eigenvalue weighted by molar-refractivity contribution is -0.601. The normalized spacial score (nSPS) is 12.7. The summed E-state index contributed by atoms with van der Waals surface area (Å²) in [6.07, 6.45) is -4.76. The third-order valence-corrected chi connectivity index (χ3v) is 5.67. The average molecular weight is 513 g/mol. The molecule has 1 heterocycles. The summed E-state index contributed by atoms with van der Waals surface area (Å²) < 4.78 is 69.2. The van der Waals surface area contributed by atoms with Crippen LogP contribution in [0.15, 0.2) is 59.5 Å². The number of halogens is 3. The van der Waals surface area contributed by atoms with E-state index in [0.717, 1.165) is 17.0 Å². The number of hydrazine groups is 1. The number of esters is 1. The number of nitroso groups, excluding NO2 is 1. The number of sulfone groups is 1. The minimum atomic E-state index is -4.72. The minimum Gasteiger partial charge on any atom is -0.434 e. The highest BCUT2D eigenvalue weighted by Crippen LogP contribution is 2.33.